The highest BCUT2D eigenvalue weighted by Gasteiger charge is 2.29. The molecule has 4 aromatic heterocycles. The minimum absolute atomic E-state index is 0.0609. The van der Waals surface area contributed by atoms with Gasteiger partial charge in [-0.2, -0.15) is 0 Å². The van der Waals surface area contributed by atoms with Gasteiger partial charge in [-0.3, -0.25) is 4.79 Å². The van der Waals surface area contributed by atoms with Gasteiger partial charge in [0.2, 0.25) is 5.91 Å². The Bertz CT molecular complexity index is 1590. The zero-order valence-corrected chi connectivity index (χ0v) is 21.3. The Hall–Kier alpha value is -3.49. The number of amides is 1. The number of thiophene rings is 1. The number of nitrogens with one attached hydrogen (secondary N) is 1. The first-order valence-corrected chi connectivity index (χ1v) is 13.3. The number of rotatable bonds is 4. The maximum Gasteiger partial charge on any atom is 0.222 e. The molecule has 182 valence electrons. The molecule has 1 amide bonds. The fourth-order valence-electron chi connectivity index (χ4n) is 5.32. The standard InChI is InChI=1S/C27H25ClN6OS/c1-30-27(35)15-4-7-17(8-5-15)34-13-19(24-25(29)31-14-32-26(24)34)18-12-22-16(11-20(18)28)6-9-21(33-22)23-3-2-10-36-23/h2-3,6,9-15,17H,4-5,7-8H2,1H3,(H,30,35)(H2,29,31,32). The van der Waals surface area contributed by atoms with E-state index < -0.39 is 0 Å². The third-order valence-corrected chi connectivity index (χ3v) is 8.39. The Labute approximate surface area is 217 Å². The summed E-state index contributed by atoms with van der Waals surface area (Å²) >= 11 is 8.50. The molecule has 0 unspecified atom stereocenters. The van der Waals surface area contributed by atoms with Gasteiger partial charge in [0.1, 0.15) is 17.8 Å². The molecule has 0 radical (unpaired) electrons. The summed E-state index contributed by atoms with van der Waals surface area (Å²) in [5.41, 5.74) is 10.7. The maximum absolute atomic E-state index is 12.1. The van der Waals surface area contributed by atoms with Crippen LogP contribution in [0.4, 0.5) is 5.82 Å². The molecule has 3 N–H and O–H groups in total. The number of nitrogens with zero attached hydrogens (tertiary/aromatic N) is 4. The van der Waals surface area contributed by atoms with E-state index in [4.69, 9.17) is 22.3 Å². The molecule has 0 bridgehead atoms. The number of carbonyl (C=O) groups excluding carboxylic acids is 1. The maximum atomic E-state index is 12.1. The van der Waals surface area contributed by atoms with Gasteiger partial charge in [-0.15, -0.1) is 11.3 Å². The van der Waals surface area contributed by atoms with Crippen molar-refractivity contribution in [3.05, 3.63) is 59.3 Å². The van der Waals surface area contributed by atoms with Gasteiger partial charge < -0.3 is 15.6 Å². The molecule has 0 spiro atoms. The molecule has 6 rings (SSSR count). The van der Waals surface area contributed by atoms with Crippen molar-refractivity contribution in [1.29, 1.82) is 0 Å². The van der Waals surface area contributed by atoms with E-state index in [2.05, 4.69) is 38.2 Å². The van der Waals surface area contributed by atoms with Crippen LogP contribution in [-0.2, 0) is 4.79 Å². The average molecular weight is 517 g/mol. The molecule has 1 aliphatic carbocycles. The predicted molar refractivity (Wildman–Crippen MR) is 146 cm³/mol. The fraction of sp³-hybridized carbons (Fsp3) is 0.259. The smallest absolute Gasteiger partial charge is 0.222 e. The van der Waals surface area contributed by atoms with Gasteiger partial charge in [-0.05, 0) is 55.3 Å². The Kier molecular flexibility index (Phi) is 5.85. The predicted octanol–water partition coefficient (Wildman–Crippen LogP) is 6.09. The SMILES string of the molecule is CNC(=O)C1CCC(n2cc(-c3cc4nc(-c5cccs5)ccc4cc3Cl)c3c(N)ncnc32)CC1. The number of anilines is 1. The van der Waals surface area contributed by atoms with Crippen molar-refractivity contribution in [3.8, 4) is 21.7 Å². The van der Waals surface area contributed by atoms with E-state index in [9.17, 15) is 4.79 Å². The van der Waals surface area contributed by atoms with Crippen LogP contribution in [0.3, 0.4) is 0 Å². The Morgan fingerprint density at radius 1 is 1.14 bits per heavy atom. The number of hydrogen-bond acceptors (Lipinski definition) is 6. The van der Waals surface area contributed by atoms with Gasteiger partial charge in [0.25, 0.3) is 0 Å². The molecule has 1 fully saturated rings. The number of benzene rings is 1. The molecular weight excluding hydrogens is 492 g/mol. The quantitative estimate of drug-likeness (QED) is 0.301. The van der Waals surface area contributed by atoms with Crippen molar-refractivity contribution >= 4 is 56.6 Å². The minimum atomic E-state index is 0.0609. The van der Waals surface area contributed by atoms with Crippen LogP contribution < -0.4 is 11.1 Å². The summed E-state index contributed by atoms with van der Waals surface area (Å²) in [6, 6.07) is 12.4. The molecule has 0 atom stereocenters. The first-order valence-electron chi connectivity index (χ1n) is 12.0. The Morgan fingerprint density at radius 2 is 1.97 bits per heavy atom. The summed E-state index contributed by atoms with van der Waals surface area (Å²) in [7, 11) is 1.70. The lowest BCUT2D eigenvalue weighted by molar-refractivity contribution is -0.125. The molecule has 4 heterocycles. The van der Waals surface area contributed by atoms with Gasteiger partial charge in [-0.1, -0.05) is 23.7 Å². The number of nitrogens with two attached hydrogens (primary N) is 1. The first-order chi connectivity index (χ1) is 17.5. The second-order valence-corrected chi connectivity index (χ2v) is 10.6. The van der Waals surface area contributed by atoms with Crippen LogP contribution in [-0.4, -0.2) is 32.5 Å². The summed E-state index contributed by atoms with van der Waals surface area (Å²) in [4.78, 5) is 27.1. The number of fused-ring (bicyclic) bond motifs is 2. The molecule has 1 saturated carbocycles. The van der Waals surface area contributed by atoms with Gasteiger partial charge in [0, 0.05) is 46.7 Å². The van der Waals surface area contributed by atoms with Gasteiger partial charge in [-0.25, -0.2) is 15.0 Å². The molecule has 0 aliphatic heterocycles. The van der Waals surface area contributed by atoms with Crippen molar-refractivity contribution < 1.29 is 4.79 Å². The highest BCUT2D eigenvalue weighted by molar-refractivity contribution is 7.13. The van der Waals surface area contributed by atoms with Crippen molar-refractivity contribution in [2.75, 3.05) is 12.8 Å². The fourth-order valence-corrected chi connectivity index (χ4v) is 6.29. The number of halogens is 1. The second kappa shape index (κ2) is 9.19. The normalized spacial score (nSPS) is 18.1. The molecule has 5 aromatic rings. The number of carbonyl (C=O) groups is 1. The van der Waals surface area contributed by atoms with Crippen molar-refractivity contribution in [2.24, 2.45) is 5.92 Å². The molecule has 1 aliphatic rings. The molecule has 36 heavy (non-hydrogen) atoms. The average Bonchev–Trinajstić information content (AvgIpc) is 3.57. The van der Waals surface area contributed by atoms with Crippen molar-refractivity contribution in [3.63, 3.8) is 0 Å². The largest absolute Gasteiger partial charge is 0.383 e. The zero-order chi connectivity index (χ0) is 24.8. The summed E-state index contributed by atoms with van der Waals surface area (Å²) in [5.74, 6) is 0.602. The third-order valence-electron chi connectivity index (χ3n) is 7.19. The van der Waals surface area contributed by atoms with E-state index in [1.165, 1.54) is 6.33 Å². The monoisotopic (exact) mass is 516 g/mol. The lowest BCUT2D eigenvalue weighted by Gasteiger charge is -2.28. The van der Waals surface area contributed by atoms with Gasteiger partial charge in [0.05, 0.1) is 21.5 Å². The van der Waals surface area contributed by atoms with Crippen LogP contribution in [0.5, 0.6) is 0 Å². The number of aromatic nitrogens is 4. The first kappa shape index (κ1) is 22.9. The third kappa shape index (κ3) is 3.90. The van der Waals surface area contributed by atoms with E-state index in [0.717, 1.165) is 69.3 Å². The molecule has 7 nitrogen and oxygen atoms in total. The molecule has 1 aromatic carbocycles. The van der Waals surface area contributed by atoms with E-state index >= 15 is 0 Å². The van der Waals surface area contributed by atoms with E-state index in [0.29, 0.717) is 10.8 Å². The second-order valence-electron chi connectivity index (χ2n) is 9.23. The van der Waals surface area contributed by atoms with Crippen molar-refractivity contribution in [2.45, 2.75) is 31.7 Å². The Morgan fingerprint density at radius 3 is 2.72 bits per heavy atom. The number of nitrogen functional groups attached to an aromatic ring is 1. The zero-order valence-electron chi connectivity index (χ0n) is 19.7. The van der Waals surface area contributed by atoms with E-state index in [1.807, 2.05) is 29.6 Å². The minimum Gasteiger partial charge on any atom is -0.383 e. The molecule has 0 saturated heterocycles. The van der Waals surface area contributed by atoms with Crippen LogP contribution in [0.1, 0.15) is 31.7 Å². The number of pyridine rings is 1. The lowest BCUT2D eigenvalue weighted by atomic mass is 9.85. The van der Waals surface area contributed by atoms with Crippen LogP contribution in [0, 0.1) is 5.92 Å². The summed E-state index contributed by atoms with van der Waals surface area (Å²) in [5, 5.41) is 7.23. The van der Waals surface area contributed by atoms with Gasteiger partial charge >= 0.3 is 0 Å². The Balaban J connectivity index is 1.46. The topological polar surface area (TPSA) is 98.7 Å². The van der Waals surface area contributed by atoms with Crippen LogP contribution in [0.2, 0.25) is 5.02 Å². The van der Waals surface area contributed by atoms with Crippen LogP contribution in [0.15, 0.2) is 54.3 Å². The summed E-state index contributed by atoms with van der Waals surface area (Å²) < 4.78 is 2.19. The summed E-state index contributed by atoms with van der Waals surface area (Å²) in [6.45, 7) is 0. The lowest BCUT2D eigenvalue weighted by Crippen LogP contribution is -2.31. The molecule has 9 heteroatoms. The number of hydrogen-bond donors (Lipinski definition) is 2. The summed E-state index contributed by atoms with van der Waals surface area (Å²) in [6.07, 6.45) is 7.06. The molecular formula is C27H25ClN6OS. The van der Waals surface area contributed by atoms with Gasteiger partial charge in [0.15, 0.2) is 0 Å². The highest BCUT2D eigenvalue weighted by Crippen LogP contribution is 2.42. The van der Waals surface area contributed by atoms with E-state index in [1.54, 1.807) is 18.4 Å². The van der Waals surface area contributed by atoms with Crippen LogP contribution >= 0.6 is 22.9 Å². The van der Waals surface area contributed by atoms with Crippen LogP contribution in [0.25, 0.3) is 43.6 Å². The van der Waals surface area contributed by atoms with E-state index in [-0.39, 0.29) is 17.9 Å². The van der Waals surface area contributed by atoms with Crippen molar-refractivity contribution in [1.82, 2.24) is 24.8 Å². The highest BCUT2D eigenvalue weighted by atomic mass is 35.5.